The number of unbranched alkanes of at least 4 members (excludes halogenated alkanes) is 1. The molecule has 5 aromatic rings. The first-order chi connectivity index (χ1) is 20.0. The number of nitrogens with one attached hydrogen (secondary N) is 1. The van der Waals surface area contributed by atoms with Crippen LogP contribution in [-0.4, -0.2) is 67.2 Å². The number of rotatable bonds is 13. The predicted octanol–water partition coefficient (Wildman–Crippen LogP) is 4.81. The Morgan fingerprint density at radius 1 is 0.854 bits per heavy atom. The van der Waals surface area contributed by atoms with Crippen molar-refractivity contribution in [2.75, 3.05) is 14.2 Å². The van der Waals surface area contributed by atoms with E-state index < -0.39 is 12.6 Å². The van der Waals surface area contributed by atoms with Gasteiger partial charge in [-0.25, -0.2) is 4.98 Å². The number of ether oxygens (including phenoxy) is 4. The summed E-state index contributed by atoms with van der Waals surface area (Å²) in [4.78, 5) is 4.97. The van der Waals surface area contributed by atoms with Crippen LogP contribution < -0.4 is 9.47 Å². The first-order valence-corrected chi connectivity index (χ1v) is 13.6. The smallest absolute Gasteiger partial charge is 0.264 e. The molecular formula is C29H34N8O4. The zero-order valence-corrected chi connectivity index (χ0v) is 23.9. The third-order valence-corrected chi connectivity index (χ3v) is 6.78. The van der Waals surface area contributed by atoms with Gasteiger partial charge in [0.15, 0.2) is 18.1 Å². The molecule has 41 heavy (non-hydrogen) atoms. The van der Waals surface area contributed by atoms with Crippen molar-refractivity contribution in [2.45, 2.75) is 59.2 Å². The second kappa shape index (κ2) is 12.8. The average molecular weight is 559 g/mol. The van der Waals surface area contributed by atoms with Crippen LogP contribution in [0.25, 0.3) is 33.5 Å². The van der Waals surface area contributed by atoms with E-state index in [-0.39, 0.29) is 5.88 Å². The topological polar surface area (TPSA) is 135 Å². The monoisotopic (exact) mass is 558 g/mol. The van der Waals surface area contributed by atoms with Crippen molar-refractivity contribution in [3.8, 4) is 34.3 Å². The molecule has 1 N–H and O–H groups in total. The number of hydrogen-bond donors (Lipinski definition) is 1. The van der Waals surface area contributed by atoms with Crippen LogP contribution in [0.1, 0.15) is 45.0 Å². The summed E-state index contributed by atoms with van der Waals surface area (Å²) >= 11 is 0. The van der Waals surface area contributed by atoms with Gasteiger partial charge in [0.25, 0.3) is 11.8 Å². The summed E-state index contributed by atoms with van der Waals surface area (Å²) in [5, 5.41) is 23.2. The quantitative estimate of drug-likeness (QED) is 0.201. The van der Waals surface area contributed by atoms with Gasteiger partial charge >= 0.3 is 0 Å². The molecule has 0 amide bonds. The van der Waals surface area contributed by atoms with Gasteiger partial charge in [0.1, 0.15) is 11.3 Å². The van der Waals surface area contributed by atoms with Crippen LogP contribution in [0.4, 0.5) is 0 Å². The molecule has 2 atom stereocenters. The van der Waals surface area contributed by atoms with E-state index in [2.05, 4.69) is 72.6 Å². The lowest BCUT2D eigenvalue weighted by molar-refractivity contribution is -0.0445. The highest BCUT2D eigenvalue weighted by atomic mass is 16.7. The van der Waals surface area contributed by atoms with Crippen LogP contribution in [0.15, 0.2) is 48.5 Å². The molecule has 5 rings (SSSR count). The Hall–Kier alpha value is -4.42. The molecule has 3 aromatic heterocycles. The van der Waals surface area contributed by atoms with Crippen molar-refractivity contribution in [2.24, 2.45) is 0 Å². The highest BCUT2D eigenvalue weighted by Crippen LogP contribution is 2.33. The number of hydrogen-bond acceptors (Lipinski definition) is 10. The molecule has 0 radical (unpaired) electrons. The first-order valence-electron chi connectivity index (χ1n) is 13.6. The molecule has 2 aromatic carbocycles. The van der Waals surface area contributed by atoms with Gasteiger partial charge in [-0.1, -0.05) is 61.9 Å². The maximum atomic E-state index is 6.02. The first kappa shape index (κ1) is 28.1. The minimum Gasteiger partial charge on any atom is -0.445 e. The van der Waals surface area contributed by atoms with Gasteiger partial charge in [-0.05, 0) is 42.2 Å². The van der Waals surface area contributed by atoms with Gasteiger partial charge in [-0.2, -0.15) is 5.21 Å². The van der Waals surface area contributed by atoms with Gasteiger partial charge in [-0.15, -0.1) is 20.4 Å². The zero-order chi connectivity index (χ0) is 28.8. The Bertz CT molecular complexity index is 1570. The molecular weight excluding hydrogens is 524 g/mol. The molecule has 0 fully saturated rings. The van der Waals surface area contributed by atoms with Crippen LogP contribution in [0.5, 0.6) is 11.8 Å². The van der Waals surface area contributed by atoms with E-state index in [0.29, 0.717) is 29.3 Å². The summed E-state index contributed by atoms with van der Waals surface area (Å²) in [7, 11) is 3.15. The van der Waals surface area contributed by atoms with Gasteiger partial charge in [-0.3, -0.25) is 0 Å². The largest absolute Gasteiger partial charge is 0.445 e. The van der Waals surface area contributed by atoms with Gasteiger partial charge in [0, 0.05) is 32.7 Å². The van der Waals surface area contributed by atoms with Crippen molar-refractivity contribution in [3.63, 3.8) is 0 Å². The van der Waals surface area contributed by atoms with E-state index >= 15 is 0 Å². The van der Waals surface area contributed by atoms with Crippen molar-refractivity contribution in [3.05, 3.63) is 59.9 Å². The van der Waals surface area contributed by atoms with Crippen LogP contribution in [0, 0.1) is 0 Å². The standard InChI is InChI=1S/C29H34N8O4/c1-6-7-12-24-30-25-26(29(41-19(3)39-5)34-33-28(25)40-18(2)38-4)37(24)17-20-13-15-21(16-14-20)22-10-8-9-11-23(22)27-31-35-36-32-27/h8-11,13-16,18-19H,6-7,12,17H2,1-5H3,(H,31,32,35,36). The van der Waals surface area contributed by atoms with Crippen LogP contribution in [-0.2, 0) is 22.4 Å². The lowest BCUT2D eigenvalue weighted by atomic mass is 9.98. The Balaban J connectivity index is 1.55. The second-order valence-corrected chi connectivity index (χ2v) is 9.55. The molecule has 0 saturated heterocycles. The summed E-state index contributed by atoms with van der Waals surface area (Å²) in [6.07, 6.45) is 1.73. The SMILES string of the molecule is CCCCc1nc2c(OC(C)OC)nnc(OC(C)OC)c2n1Cc1ccc(-c2ccccc2-c2nn[nH]n2)cc1. The van der Waals surface area contributed by atoms with Crippen molar-refractivity contribution < 1.29 is 18.9 Å². The molecule has 0 aliphatic heterocycles. The van der Waals surface area contributed by atoms with E-state index in [1.54, 1.807) is 28.1 Å². The summed E-state index contributed by atoms with van der Waals surface area (Å²) in [5.41, 5.74) is 5.31. The third kappa shape index (κ3) is 6.18. The molecule has 2 unspecified atom stereocenters. The van der Waals surface area contributed by atoms with Gasteiger partial charge in [0.05, 0.1) is 0 Å². The van der Waals surface area contributed by atoms with Crippen molar-refractivity contribution in [1.29, 1.82) is 0 Å². The second-order valence-electron chi connectivity index (χ2n) is 9.55. The number of aromatic nitrogens is 8. The number of nitrogens with zero attached hydrogens (tertiary/aromatic N) is 7. The molecule has 12 nitrogen and oxygen atoms in total. The number of benzene rings is 2. The Labute approximate surface area is 238 Å². The molecule has 0 aliphatic carbocycles. The summed E-state index contributed by atoms with van der Waals surface area (Å²) in [6.45, 7) is 6.29. The molecule has 12 heteroatoms. The number of aryl methyl sites for hydroxylation is 1. The average Bonchev–Trinajstić information content (AvgIpc) is 3.67. The predicted molar refractivity (Wildman–Crippen MR) is 152 cm³/mol. The third-order valence-electron chi connectivity index (χ3n) is 6.78. The number of imidazole rings is 1. The van der Waals surface area contributed by atoms with Crippen LogP contribution in [0.3, 0.4) is 0 Å². The minimum atomic E-state index is -0.529. The molecule has 3 heterocycles. The molecule has 0 spiro atoms. The number of H-pyrrole nitrogens is 1. The van der Waals surface area contributed by atoms with Crippen LogP contribution >= 0.6 is 0 Å². The minimum absolute atomic E-state index is 0.289. The van der Waals surface area contributed by atoms with E-state index in [0.717, 1.165) is 47.3 Å². The molecule has 0 saturated carbocycles. The fraction of sp³-hybridized carbons (Fsp3) is 0.379. The van der Waals surface area contributed by atoms with Crippen molar-refractivity contribution >= 4 is 11.0 Å². The Morgan fingerprint density at radius 3 is 2.20 bits per heavy atom. The highest BCUT2D eigenvalue weighted by molar-refractivity contribution is 5.85. The van der Waals surface area contributed by atoms with E-state index in [4.69, 9.17) is 23.9 Å². The number of tetrazole rings is 1. The number of aromatic amines is 1. The summed E-state index contributed by atoms with van der Waals surface area (Å²) in [5.74, 6) is 2.06. The summed E-state index contributed by atoms with van der Waals surface area (Å²) < 4.78 is 24.7. The van der Waals surface area contributed by atoms with Gasteiger partial charge < -0.3 is 23.5 Å². The maximum Gasteiger partial charge on any atom is 0.264 e. The Morgan fingerprint density at radius 2 is 1.54 bits per heavy atom. The van der Waals surface area contributed by atoms with E-state index in [1.165, 1.54) is 0 Å². The molecule has 0 bridgehead atoms. The van der Waals surface area contributed by atoms with Gasteiger partial charge in [0.2, 0.25) is 5.82 Å². The number of fused-ring (bicyclic) bond motifs is 1. The normalized spacial score (nSPS) is 12.9. The lowest BCUT2D eigenvalue weighted by Crippen LogP contribution is -2.18. The lowest BCUT2D eigenvalue weighted by Gasteiger charge is -2.16. The summed E-state index contributed by atoms with van der Waals surface area (Å²) in [6, 6.07) is 16.4. The van der Waals surface area contributed by atoms with Crippen molar-refractivity contribution in [1.82, 2.24) is 40.4 Å². The van der Waals surface area contributed by atoms with E-state index in [1.807, 2.05) is 18.2 Å². The zero-order valence-electron chi connectivity index (χ0n) is 23.9. The molecule has 214 valence electrons. The maximum absolute atomic E-state index is 6.02. The fourth-order valence-electron chi connectivity index (χ4n) is 4.49. The number of methoxy groups -OCH3 is 2. The fourth-order valence-corrected chi connectivity index (χ4v) is 4.49. The van der Waals surface area contributed by atoms with E-state index in [9.17, 15) is 0 Å². The van der Waals surface area contributed by atoms with Crippen LogP contribution in [0.2, 0.25) is 0 Å². The molecule has 0 aliphatic rings. The Kier molecular flexibility index (Phi) is 8.80. The highest BCUT2D eigenvalue weighted by Gasteiger charge is 2.24.